The Morgan fingerprint density at radius 2 is 1.86 bits per heavy atom. The second-order valence-corrected chi connectivity index (χ2v) is 3.56. The van der Waals surface area contributed by atoms with Crippen molar-refractivity contribution in [3.8, 4) is 0 Å². The number of carbonyl (C=O) groups excluding carboxylic acids is 1. The molecular weight excluding hydrogens is 176 g/mol. The van der Waals surface area contributed by atoms with Crippen LogP contribution in [0.5, 0.6) is 0 Å². The molecule has 0 radical (unpaired) electrons. The molecule has 1 heterocycles. The molecule has 0 aromatic heterocycles. The van der Waals surface area contributed by atoms with Gasteiger partial charge in [-0.2, -0.15) is 0 Å². The molecule has 0 fully saturated rings. The number of rotatable bonds is 2. The van der Waals surface area contributed by atoms with Gasteiger partial charge in [0.1, 0.15) is 6.61 Å². The van der Waals surface area contributed by atoms with Crippen LogP contribution in [0.15, 0.2) is 12.1 Å². The van der Waals surface area contributed by atoms with E-state index in [2.05, 4.69) is 19.9 Å². The third-order valence-electron chi connectivity index (χ3n) is 2.77. The second kappa shape index (κ2) is 3.45. The van der Waals surface area contributed by atoms with Crippen molar-refractivity contribution in [3.63, 3.8) is 0 Å². The van der Waals surface area contributed by atoms with E-state index in [0.717, 1.165) is 24.0 Å². The van der Waals surface area contributed by atoms with Crippen LogP contribution in [0.1, 0.15) is 40.9 Å². The van der Waals surface area contributed by atoms with Crippen LogP contribution in [-0.4, -0.2) is 5.97 Å². The molecule has 14 heavy (non-hydrogen) atoms. The third kappa shape index (κ3) is 1.31. The first kappa shape index (κ1) is 9.25. The van der Waals surface area contributed by atoms with Crippen molar-refractivity contribution in [1.29, 1.82) is 0 Å². The summed E-state index contributed by atoms with van der Waals surface area (Å²) in [6.45, 7) is 4.70. The molecular formula is C12H14O2. The highest BCUT2D eigenvalue weighted by Crippen LogP contribution is 2.24. The van der Waals surface area contributed by atoms with Gasteiger partial charge in [-0.1, -0.05) is 19.9 Å². The Balaban J connectivity index is 2.54. The van der Waals surface area contributed by atoms with Gasteiger partial charge in [-0.25, -0.2) is 4.79 Å². The standard InChI is InChI=1S/C12H14O2/c1-3-8-5-10-7-14-12(13)11(10)6-9(8)4-2/h5-6H,3-4,7H2,1-2H3. The summed E-state index contributed by atoms with van der Waals surface area (Å²) in [5.41, 5.74) is 4.41. The molecule has 1 aromatic carbocycles. The van der Waals surface area contributed by atoms with Crippen molar-refractivity contribution in [1.82, 2.24) is 0 Å². The number of hydrogen-bond acceptors (Lipinski definition) is 2. The summed E-state index contributed by atoms with van der Waals surface area (Å²) >= 11 is 0. The van der Waals surface area contributed by atoms with Crippen molar-refractivity contribution in [2.75, 3.05) is 0 Å². The van der Waals surface area contributed by atoms with Crippen LogP contribution in [0.25, 0.3) is 0 Å². The van der Waals surface area contributed by atoms with E-state index in [1.54, 1.807) is 0 Å². The molecule has 0 saturated carbocycles. The van der Waals surface area contributed by atoms with Gasteiger partial charge in [0.2, 0.25) is 0 Å². The van der Waals surface area contributed by atoms with Gasteiger partial charge in [-0.15, -0.1) is 0 Å². The summed E-state index contributed by atoms with van der Waals surface area (Å²) in [6, 6.07) is 4.10. The van der Waals surface area contributed by atoms with Crippen LogP contribution in [0.2, 0.25) is 0 Å². The maximum atomic E-state index is 11.3. The van der Waals surface area contributed by atoms with Gasteiger partial charge in [0.25, 0.3) is 0 Å². The molecule has 0 unspecified atom stereocenters. The Labute approximate surface area is 83.9 Å². The predicted octanol–water partition coefficient (Wildman–Crippen LogP) is 2.48. The maximum absolute atomic E-state index is 11.3. The van der Waals surface area contributed by atoms with Crippen molar-refractivity contribution < 1.29 is 9.53 Å². The first-order valence-electron chi connectivity index (χ1n) is 5.08. The van der Waals surface area contributed by atoms with Gasteiger partial charge in [0.15, 0.2) is 0 Å². The minimum atomic E-state index is -0.169. The van der Waals surface area contributed by atoms with Crippen molar-refractivity contribution in [2.24, 2.45) is 0 Å². The Morgan fingerprint density at radius 3 is 2.50 bits per heavy atom. The summed E-state index contributed by atoms with van der Waals surface area (Å²) in [5.74, 6) is -0.169. The molecule has 1 aliphatic heterocycles. The van der Waals surface area contributed by atoms with E-state index < -0.39 is 0 Å². The lowest BCUT2D eigenvalue weighted by Crippen LogP contribution is -1.98. The van der Waals surface area contributed by atoms with Crippen molar-refractivity contribution >= 4 is 5.97 Å². The predicted molar refractivity (Wildman–Crippen MR) is 54.3 cm³/mol. The number of ether oxygens (including phenoxy) is 1. The van der Waals surface area contributed by atoms with E-state index in [1.165, 1.54) is 11.1 Å². The minimum Gasteiger partial charge on any atom is -0.457 e. The molecule has 0 aliphatic carbocycles. The van der Waals surface area contributed by atoms with Gasteiger partial charge >= 0.3 is 5.97 Å². The van der Waals surface area contributed by atoms with Gasteiger partial charge in [-0.3, -0.25) is 0 Å². The molecule has 0 N–H and O–H groups in total. The Bertz CT molecular complexity index is 380. The number of esters is 1. The fourth-order valence-electron chi connectivity index (χ4n) is 1.93. The number of cyclic esters (lactones) is 1. The first-order valence-corrected chi connectivity index (χ1v) is 5.08. The van der Waals surface area contributed by atoms with E-state index in [0.29, 0.717) is 6.61 Å². The fraction of sp³-hybridized carbons (Fsp3) is 0.417. The third-order valence-corrected chi connectivity index (χ3v) is 2.77. The zero-order valence-corrected chi connectivity index (χ0v) is 8.59. The number of carbonyl (C=O) groups is 1. The molecule has 1 aromatic rings. The summed E-state index contributed by atoms with van der Waals surface area (Å²) in [6.07, 6.45) is 1.99. The fourth-order valence-corrected chi connectivity index (χ4v) is 1.93. The zero-order chi connectivity index (χ0) is 10.1. The van der Waals surface area contributed by atoms with Crippen LogP contribution in [-0.2, 0) is 24.2 Å². The summed E-state index contributed by atoms with van der Waals surface area (Å²) < 4.78 is 4.98. The first-order chi connectivity index (χ1) is 6.76. The lowest BCUT2D eigenvalue weighted by molar-refractivity contribution is 0.0535. The highest BCUT2D eigenvalue weighted by atomic mass is 16.5. The zero-order valence-electron chi connectivity index (χ0n) is 8.59. The van der Waals surface area contributed by atoms with Crippen molar-refractivity contribution in [3.05, 3.63) is 34.4 Å². The number of benzene rings is 1. The molecule has 1 aliphatic rings. The smallest absolute Gasteiger partial charge is 0.338 e. The van der Waals surface area contributed by atoms with E-state index in [9.17, 15) is 4.79 Å². The molecule has 74 valence electrons. The Hall–Kier alpha value is -1.31. The molecule has 0 atom stereocenters. The van der Waals surface area contributed by atoms with Gasteiger partial charge < -0.3 is 4.74 Å². The van der Waals surface area contributed by atoms with Gasteiger partial charge in [-0.05, 0) is 30.0 Å². The van der Waals surface area contributed by atoms with E-state index in [1.807, 2.05) is 6.07 Å². The normalized spacial score (nSPS) is 14.0. The van der Waals surface area contributed by atoms with E-state index in [4.69, 9.17) is 4.74 Å². The molecule has 0 spiro atoms. The lowest BCUT2D eigenvalue weighted by Gasteiger charge is -2.06. The monoisotopic (exact) mass is 190 g/mol. The molecule has 2 rings (SSSR count). The van der Waals surface area contributed by atoms with Crippen LogP contribution < -0.4 is 0 Å². The number of aryl methyl sites for hydroxylation is 2. The van der Waals surface area contributed by atoms with Crippen molar-refractivity contribution in [2.45, 2.75) is 33.3 Å². The van der Waals surface area contributed by atoms with Crippen LogP contribution in [0.3, 0.4) is 0 Å². The maximum Gasteiger partial charge on any atom is 0.338 e. The van der Waals surface area contributed by atoms with Crippen LogP contribution in [0.4, 0.5) is 0 Å². The summed E-state index contributed by atoms with van der Waals surface area (Å²) in [5, 5.41) is 0. The van der Waals surface area contributed by atoms with Gasteiger partial charge in [0, 0.05) is 5.56 Å². The Morgan fingerprint density at radius 1 is 1.21 bits per heavy atom. The minimum absolute atomic E-state index is 0.169. The largest absolute Gasteiger partial charge is 0.457 e. The number of hydrogen-bond donors (Lipinski definition) is 0. The molecule has 0 amide bonds. The highest BCUT2D eigenvalue weighted by Gasteiger charge is 2.22. The van der Waals surface area contributed by atoms with Crippen LogP contribution in [0, 0.1) is 0 Å². The van der Waals surface area contributed by atoms with E-state index >= 15 is 0 Å². The topological polar surface area (TPSA) is 26.3 Å². The Kier molecular flexibility index (Phi) is 2.28. The molecule has 2 heteroatoms. The quantitative estimate of drug-likeness (QED) is 0.670. The second-order valence-electron chi connectivity index (χ2n) is 3.56. The average molecular weight is 190 g/mol. The summed E-state index contributed by atoms with van der Waals surface area (Å²) in [7, 11) is 0. The SMILES string of the molecule is CCc1cc2c(cc1CC)C(=O)OC2. The number of fused-ring (bicyclic) bond motifs is 1. The lowest BCUT2D eigenvalue weighted by atomic mass is 9.97. The summed E-state index contributed by atoms with van der Waals surface area (Å²) in [4.78, 5) is 11.3. The highest BCUT2D eigenvalue weighted by molar-refractivity contribution is 5.93. The molecule has 2 nitrogen and oxygen atoms in total. The van der Waals surface area contributed by atoms with Gasteiger partial charge in [0.05, 0.1) is 5.56 Å². The molecule has 0 saturated heterocycles. The van der Waals surface area contributed by atoms with E-state index in [-0.39, 0.29) is 5.97 Å². The molecule has 0 bridgehead atoms. The average Bonchev–Trinajstić information content (AvgIpc) is 2.58. The van der Waals surface area contributed by atoms with Crippen LogP contribution >= 0.6 is 0 Å².